The number of benzene rings is 1. The molecular formula is C13H10O5. The minimum absolute atomic E-state index is 0.0681. The molecule has 92 valence electrons. The Labute approximate surface area is 102 Å². The summed E-state index contributed by atoms with van der Waals surface area (Å²) in [5, 5.41) is 27.8. The van der Waals surface area contributed by atoms with Crippen LogP contribution in [0.15, 0.2) is 39.5 Å². The largest absolute Gasteiger partial charge is 0.507 e. The van der Waals surface area contributed by atoms with Crippen molar-refractivity contribution in [1.29, 1.82) is 0 Å². The number of phenols is 1. The minimum Gasteiger partial charge on any atom is -0.507 e. The Morgan fingerprint density at radius 1 is 1.00 bits per heavy atom. The lowest BCUT2D eigenvalue weighted by molar-refractivity contribution is 0.362. The summed E-state index contributed by atoms with van der Waals surface area (Å²) >= 11 is 0. The average Bonchev–Trinajstić information content (AvgIpc) is 2.35. The first-order valence-electron chi connectivity index (χ1n) is 5.10. The second-order valence-corrected chi connectivity index (χ2v) is 3.56. The molecule has 1 aromatic heterocycles. The Morgan fingerprint density at radius 3 is 2.39 bits per heavy atom. The van der Waals surface area contributed by atoms with Gasteiger partial charge in [0.15, 0.2) is 5.75 Å². The van der Waals surface area contributed by atoms with Gasteiger partial charge in [-0.3, -0.25) is 0 Å². The highest BCUT2D eigenvalue weighted by atomic mass is 16.4. The summed E-state index contributed by atoms with van der Waals surface area (Å²) in [7, 11) is 0. The van der Waals surface area contributed by atoms with E-state index in [4.69, 9.17) is 9.52 Å². The molecule has 0 atom stereocenters. The molecule has 2 aromatic rings. The monoisotopic (exact) mass is 246 g/mol. The van der Waals surface area contributed by atoms with Crippen molar-refractivity contribution in [2.24, 2.45) is 0 Å². The molecule has 0 radical (unpaired) electrons. The van der Waals surface area contributed by atoms with Gasteiger partial charge in [-0.05, 0) is 18.2 Å². The molecule has 18 heavy (non-hydrogen) atoms. The van der Waals surface area contributed by atoms with E-state index in [9.17, 15) is 15.0 Å². The fourth-order valence-corrected chi connectivity index (χ4v) is 1.38. The maximum Gasteiger partial charge on any atom is 0.382 e. The first kappa shape index (κ1) is 11.8. The number of aromatic hydroxyl groups is 3. The summed E-state index contributed by atoms with van der Waals surface area (Å²) in [6.07, 6.45) is 2.92. The maximum absolute atomic E-state index is 11.1. The molecule has 0 saturated carbocycles. The van der Waals surface area contributed by atoms with Crippen LogP contribution in [0.25, 0.3) is 12.2 Å². The third kappa shape index (κ3) is 2.35. The molecule has 0 unspecified atom stereocenters. The van der Waals surface area contributed by atoms with Crippen molar-refractivity contribution >= 4 is 12.2 Å². The second kappa shape index (κ2) is 4.67. The number of rotatable bonds is 2. The number of hydrogen-bond acceptors (Lipinski definition) is 5. The lowest BCUT2D eigenvalue weighted by atomic mass is 10.2. The zero-order valence-corrected chi connectivity index (χ0v) is 9.20. The van der Waals surface area contributed by atoms with E-state index in [1.807, 2.05) is 0 Å². The van der Waals surface area contributed by atoms with Gasteiger partial charge >= 0.3 is 5.63 Å². The predicted molar refractivity (Wildman–Crippen MR) is 65.3 cm³/mol. The summed E-state index contributed by atoms with van der Waals surface area (Å²) in [6, 6.07) is 7.71. The quantitative estimate of drug-likeness (QED) is 0.753. The van der Waals surface area contributed by atoms with Crippen molar-refractivity contribution in [2.75, 3.05) is 0 Å². The lowest BCUT2D eigenvalue weighted by Gasteiger charge is -1.98. The summed E-state index contributed by atoms with van der Waals surface area (Å²) in [6.45, 7) is 0. The van der Waals surface area contributed by atoms with Gasteiger partial charge in [-0.1, -0.05) is 18.2 Å². The van der Waals surface area contributed by atoms with Crippen LogP contribution in [0.1, 0.15) is 11.3 Å². The molecule has 0 spiro atoms. The van der Waals surface area contributed by atoms with Gasteiger partial charge in [0, 0.05) is 11.6 Å². The molecule has 0 saturated heterocycles. The fourth-order valence-electron chi connectivity index (χ4n) is 1.38. The molecule has 0 aliphatic rings. The highest BCUT2D eigenvalue weighted by Gasteiger charge is 2.07. The first-order valence-corrected chi connectivity index (χ1v) is 5.10. The molecule has 1 heterocycles. The summed E-state index contributed by atoms with van der Waals surface area (Å²) in [5.41, 5.74) is -0.486. The van der Waals surface area contributed by atoms with Gasteiger partial charge in [-0.2, -0.15) is 0 Å². The zero-order valence-electron chi connectivity index (χ0n) is 9.20. The summed E-state index contributed by atoms with van der Waals surface area (Å²) < 4.78 is 4.72. The molecule has 5 nitrogen and oxygen atoms in total. The maximum atomic E-state index is 11.1. The van der Waals surface area contributed by atoms with Crippen molar-refractivity contribution in [1.82, 2.24) is 0 Å². The van der Waals surface area contributed by atoms with Crippen LogP contribution in [0.5, 0.6) is 17.2 Å². The van der Waals surface area contributed by atoms with E-state index in [0.717, 1.165) is 6.07 Å². The lowest BCUT2D eigenvalue weighted by Crippen LogP contribution is -1.98. The van der Waals surface area contributed by atoms with Gasteiger partial charge in [-0.15, -0.1) is 0 Å². The molecule has 0 aliphatic carbocycles. The molecule has 0 amide bonds. The Balaban J connectivity index is 2.36. The number of para-hydroxylation sites is 1. The number of phenolic OH excluding ortho intramolecular Hbond substituents is 1. The van der Waals surface area contributed by atoms with E-state index >= 15 is 0 Å². The van der Waals surface area contributed by atoms with Crippen LogP contribution >= 0.6 is 0 Å². The van der Waals surface area contributed by atoms with Crippen molar-refractivity contribution in [3.8, 4) is 17.2 Å². The van der Waals surface area contributed by atoms with Crippen LogP contribution in [0.3, 0.4) is 0 Å². The van der Waals surface area contributed by atoms with E-state index in [2.05, 4.69) is 0 Å². The topological polar surface area (TPSA) is 90.9 Å². The van der Waals surface area contributed by atoms with Crippen LogP contribution in [-0.2, 0) is 0 Å². The molecular weight excluding hydrogens is 236 g/mol. The van der Waals surface area contributed by atoms with E-state index in [1.54, 1.807) is 18.2 Å². The van der Waals surface area contributed by atoms with Crippen molar-refractivity contribution in [3.05, 3.63) is 52.1 Å². The van der Waals surface area contributed by atoms with Crippen LogP contribution in [0, 0.1) is 0 Å². The number of hydrogen-bond donors (Lipinski definition) is 3. The SMILES string of the molecule is O=c1oc(/C=C/c2ccccc2O)cc(O)c1O. The average molecular weight is 246 g/mol. The van der Waals surface area contributed by atoms with E-state index in [-0.39, 0.29) is 11.5 Å². The molecule has 3 N–H and O–H groups in total. The van der Waals surface area contributed by atoms with E-state index in [1.165, 1.54) is 18.2 Å². The Bertz CT molecular complexity index is 655. The fraction of sp³-hybridized carbons (Fsp3) is 0. The van der Waals surface area contributed by atoms with Gasteiger partial charge in [0.25, 0.3) is 0 Å². The molecule has 2 rings (SSSR count). The van der Waals surface area contributed by atoms with Crippen molar-refractivity contribution < 1.29 is 19.7 Å². The predicted octanol–water partition coefficient (Wildman–Crippen LogP) is 1.93. The molecule has 1 aromatic carbocycles. The van der Waals surface area contributed by atoms with Crippen molar-refractivity contribution in [3.63, 3.8) is 0 Å². The van der Waals surface area contributed by atoms with Gasteiger partial charge in [0.2, 0.25) is 5.75 Å². The summed E-state index contributed by atoms with van der Waals surface area (Å²) in [5.74, 6) is -1.23. The Morgan fingerprint density at radius 2 is 1.72 bits per heavy atom. The minimum atomic E-state index is -1.02. The summed E-state index contributed by atoms with van der Waals surface area (Å²) in [4.78, 5) is 11.1. The van der Waals surface area contributed by atoms with Gasteiger partial charge in [0.05, 0.1) is 0 Å². The third-order valence-corrected chi connectivity index (χ3v) is 2.29. The van der Waals surface area contributed by atoms with Gasteiger partial charge in [0.1, 0.15) is 11.5 Å². The Kier molecular flexibility index (Phi) is 3.05. The highest BCUT2D eigenvalue weighted by Crippen LogP contribution is 2.23. The van der Waals surface area contributed by atoms with Crippen LogP contribution in [0.4, 0.5) is 0 Å². The van der Waals surface area contributed by atoms with Gasteiger partial charge < -0.3 is 19.7 Å². The van der Waals surface area contributed by atoms with Crippen molar-refractivity contribution in [2.45, 2.75) is 0 Å². The van der Waals surface area contributed by atoms with E-state index in [0.29, 0.717) is 5.56 Å². The van der Waals surface area contributed by atoms with Crippen LogP contribution < -0.4 is 5.63 Å². The van der Waals surface area contributed by atoms with Gasteiger partial charge in [-0.25, -0.2) is 4.79 Å². The Hall–Kier alpha value is -2.69. The van der Waals surface area contributed by atoms with Crippen LogP contribution in [0.2, 0.25) is 0 Å². The smallest absolute Gasteiger partial charge is 0.382 e. The molecule has 0 bridgehead atoms. The standard InChI is InChI=1S/C13H10O5/c14-10-4-2-1-3-8(10)5-6-9-7-11(15)12(16)13(17)18-9/h1-7,14-16H/b6-5+. The second-order valence-electron chi connectivity index (χ2n) is 3.56. The van der Waals surface area contributed by atoms with E-state index < -0.39 is 17.1 Å². The normalized spacial score (nSPS) is 10.9. The zero-order chi connectivity index (χ0) is 13.1. The first-order chi connectivity index (χ1) is 8.58. The molecule has 0 aliphatic heterocycles. The highest BCUT2D eigenvalue weighted by molar-refractivity contribution is 5.70. The molecule has 0 fully saturated rings. The third-order valence-electron chi connectivity index (χ3n) is 2.29. The van der Waals surface area contributed by atoms with Crippen LogP contribution in [-0.4, -0.2) is 15.3 Å². The molecule has 5 heteroatoms.